The van der Waals surface area contributed by atoms with Gasteiger partial charge < -0.3 is 19.9 Å². The molecule has 37 heavy (non-hydrogen) atoms. The molecule has 192 valence electrons. The predicted octanol–water partition coefficient (Wildman–Crippen LogP) is 3.19. The van der Waals surface area contributed by atoms with Crippen molar-refractivity contribution in [1.29, 1.82) is 0 Å². The predicted molar refractivity (Wildman–Crippen MR) is 142 cm³/mol. The summed E-state index contributed by atoms with van der Waals surface area (Å²) in [6.07, 6.45) is 4.79. The van der Waals surface area contributed by atoms with Crippen molar-refractivity contribution in [1.82, 2.24) is 0 Å². The van der Waals surface area contributed by atoms with Gasteiger partial charge in [-0.05, 0) is 61.8 Å². The van der Waals surface area contributed by atoms with Crippen LogP contribution in [0.25, 0.3) is 6.08 Å². The molecule has 3 aliphatic rings. The maximum Gasteiger partial charge on any atom is 0.488 e. The molecule has 3 N–H and O–H groups in total. The van der Waals surface area contributed by atoms with Gasteiger partial charge in [0, 0.05) is 11.5 Å². The standard InChI is InChI=1S/C29H32BNO6/c1-3-18-14-22-27(29(34)31(28(22)33)21-9-6-8-20(15-21)30(35)36)23-16-37-25(26(18)23)12-11-17(2)13-19-7-4-5-10-24(19)32/h4-10,13,15,22-23,25,27,32,35-36H,3,11-12,14,16H2,1-2H3/b17-13+/t22-,23+,25-,27-/m1/s1. The molecule has 0 spiro atoms. The van der Waals surface area contributed by atoms with Crippen LogP contribution in [0.5, 0.6) is 5.75 Å². The molecule has 1 aliphatic carbocycles. The topological polar surface area (TPSA) is 107 Å². The van der Waals surface area contributed by atoms with Crippen LogP contribution in [0.3, 0.4) is 0 Å². The molecule has 0 bridgehead atoms. The van der Waals surface area contributed by atoms with Crippen LogP contribution >= 0.6 is 0 Å². The summed E-state index contributed by atoms with van der Waals surface area (Å²) in [7, 11) is -1.68. The van der Waals surface area contributed by atoms with Crippen molar-refractivity contribution in [2.45, 2.75) is 45.6 Å². The summed E-state index contributed by atoms with van der Waals surface area (Å²) in [5.41, 5.74) is 4.91. The quantitative estimate of drug-likeness (QED) is 0.306. The summed E-state index contributed by atoms with van der Waals surface area (Å²) in [5, 5.41) is 29.2. The van der Waals surface area contributed by atoms with Crippen molar-refractivity contribution in [3.8, 4) is 5.75 Å². The third-order valence-corrected chi connectivity index (χ3v) is 8.00. The Bertz CT molecular complexity index is 1280. The number of aromatic hydroxyl groups is 1. The van der Waals surface area contributed by atoms with Gasteiger partial charge in [-0.25, -0.2) is 0 Å². The van der Waals surface area contributed by atoms with Crippen LogP contribution in [0.15, 0.2) is 65.3 Å². The zero-order valence-corrected chi connectivity index (χ0v) is 21.1. The largest absolute Gasteiger partial charge is 0.507 e. The fourth-order valence-corrected chi connectivity index (χ4v) is 6.20. The number of hydrogen-bond acceptors (Lipinski definition) is 6. The van der Waals surface area contributed by atoms with Gasteiger partial charge in [-0.2, -0.15) is 0 Å². The second-order valence-corrected chi connectivity index (χ2v) is 10.2. The minimum Gasteiger partial charge on any atom is -0.507 e. The van der Waals surface area contributed by atoms with E-state index in [9.17, 15) is 24.7 Å². The van der Waals surface area contributed by atoms with Crippen LogP contribution in [0, 0.1) is 17.8 Å². The lowest BCUT2D eigenvalue weighted by atomic mass is 9.69. The van der Waals surface area contributed by atoms with E-state index in [0.29, 0.717) is 18.7 Å². The lowest BCUT2D eigenvalue weighted by Gasteiger charge is -2.31. The van der Waals surface area contributed by atoms with E-state index in [-0.39, 0.29) is 35.0 Å². The minimum absolute atomic E-state index is 0.0987. The van der Waals surface area contributed by atoms with E-state index >= 15 is 0 Å². The second kappa shape index (κ2) is 10.3. The maximum atomic E-state index is 13.6. The van der Waals surface area contributed by atoms with Gasteiger partial charge in [0.15, 0.2) is 0 Å². The van der Waals surface area contributed by atoms with Crippen LogP contribution in [0.4, 0.5) is 5.69 Å². The Hall–Kier alpha value is -3.20. The highest BCUT2D eigenvalue weighted by molar-refractivity contribution is 6.58. The number of benzene rings is 2. The Morgan fingerprint density at radius 1 is 1.11 bits per heavy atom. The molecule has 0 unspecified atom stereocenters. The number of hydrogen-bond donors (Lipinski definition) is 3. The van der Waals surface area contributed by atoms with Gasteiger partial charge in [0.25, 0.3) is 0 Å². The molecule has 2 aromatic carbocycles. The Morgan fingerprint density at radius 2 is 1.89 bits per heavy atom. The summed E-state index contributed by atoms with van der Waals surface area (Å²) in [6.45, 7) is 4.54. The van der Waals surface area contributed by atoms with Crippen LogP contribution < -0.4 is 10.4 Å². The number of anilines is 1. The van der Waals surface area contributed by atoms with E-state index in [4.69, 9.17) is 4.74 Å². The molecule has 2 saturated heterocycles. The van der Waals surface area contributed by atoms with E-state index < -0.39 is 19.0 Å². The van der Waals surface area contributed by atoms with Crippen LogP contribution in [0.1, 0.15) is 45.1 Å². The average Bonchev–Trinajstić information content (AvgIpc) is 3.42. The number of allylic oxidation sites excluding steroid dienone is 2. The molecule has 2 aromatic rings. The van der Waals surface area contributed by atoms with Crippen LogP contribution in [-0.2, 0) is 14.3 Å². The molecule has 5 rings (SSSR count). The molecule has 2 aliphatic heterocycles. The van der Waals surface area contributed by atoms with Crippen molar-refractivity contribution >= 4 is 36.2 Å². The normalized spacial score (nSPS) is 25.5. The molecular formula is C29H32BNO6. The zero-order valence-electron chi connectivity index (χ0n) is 21.1. The van der Waals surface area contributed by atoms with Gasteiger partial charge in [-0.3, -0.25) is 14.5 Å². The molecule has 2 fully saturated rings. The molecule has 0 saturated carbocycles. The second-order valence-electron chi connectivity index (χ2n) is 10.2. The minimum atomic E-state index is -1.68. The number of fused-ring (bicyclic) bond motifs is 3. The van der Waals surface area contributed by atoms with Crippen LogP contribution in [-0.4, -0.2) is 46.8 Å². The monoisotopic (exact) mass is 501 g/mol. The Labute approximate surface area is 217 Å². The Balaban J connectivity index is 1.37. The molecule has 0 radical (unpaired) electrons. The van der Waals surface area contributed by atoms with Crippen molar-refractivity contribution in [3.63, 3.8) is 0 Å². The van der Waals surface area contributed by atoms with Gasteiger partial charge in [0.1, 0.15) is 5.75 Å². The van der Waals surface area contributed by atoms with Crippen molar-refractivity contribution in [3.05, 3.63) is 70.8 Å². The highest BCUT2D eigenvalue weighted by atomic mass is 16.5. The summed E-state index contributed by atoms with van der Waals surface area (Å²) in [6, 6.07) is 13.6. The van der Waals surface area contributed by atoms with E-state index in [1.807, 2.05) is 25.1 Å². The van der Waals surface area contributed by atoms with Gasteiger partial charge in [-0.1, -0.05) is 54.5 Å². The molecule has 4 atom stereocenters. The van der Waals surface area contributed by atoms with Crippen LogP contribution in [0.2, 0.25) is 0 Å². The summed E-state index contributed by atoms with van der Waals surface area (Å²) >= 11 is 0. The van der Waals surface area contributed by atoms with Gasteiger partial charge in [-0.15, -0.1) is 0 Å². The summed E-state index contributed by atoms with van der Waals surface area (Å²) < 4.78 is 6.26. The number of para-hydroxylation sites is 1. The highest BCUT2D eigenvalue weighted by Crippen LogP contribution is 2.51. The van der Waals surface area contributed by atoms with Crippen molar-refractivity contribution in [2.75, 3.05) is 11.5 Å². The molecule has 7 nitrogen and oxygen atoms in total. The number of phenolic OH excluding ortho intramolecular Hbond substituents is 1. The maximum absolute atomic E-state index is 13.6. The average molecular weight is 501 g/mol. The third kappa shape index (κ3) is 4.65. The lowest BCUT2D eigenvalue weighted by Crippen LogP contribution is -2.35. The Morgan fingerprint density at radius 3 is 2.62 bits per heavy atom. The number of carbonyl (C=O) groups is 2. The summed E-state index contributed by atoms with van der Waals surface area (Å²) in [5.74, 6) is -1.24. The number of imide groups is 1. The first-order chi connectivity index (χ1) is 17.8. The summed E-state index contributed by atoms with van der Waals surface area (Å²) in [4.78, 5) is 28.3. The Kier molecular flexibility index (Phi) is 7.07. The zero-order chi connectivity index (χ0) is 26.3. The van der Waals surface area contributed by atoms with Crippen molar-refractivity contribution in [2.24, 2.45) is 17.8 Å². The molecule has 8 heteroatoms. The molecule has 2 amide bonds. The van der Waals surface area contributed by atoms with Gasteiger partial charge >= 0.3 is 7.12 Å². The SMILES string of the molecule is CCC1=C2[C@@H](CC/C(C)=C/c3ccccc3O)OC[C@@H]2[C@@H]2C(=O)N(c3cccc(B(O)O)c3)C(=O)[C@@H]2C1. The molecule has 0 aromatic heterocycles. The molecule has 2 heterocycles. The lowest BCUT2D eigenvalue weighted by molar-refractivity contribution is -0.122. The number of phenols is 1. The van der Waals surface area contributed by atoms with E-state index in [2.05, 4.69) is 6.92 Å². The first kappa shape index (κ1) is 25.5. The van der Waals surface area contributed by atoms with E-state index in [1.54, 1.807) is 30.3 Å². The fraction of sp³-hybridized carbons (Fsp3) is 0.379. The van der Waals surface area contributed by atoms with E-state index in [0.717, 1.165) is 30.4 Å². The smallest absolute Gasteiger partial charge is 0.488 e. The number of nitrogens with zero attached hydrogens (tertiary/aromatic N) is 1. The van der Waals surface area contributed by atoms with Gasteiger partial charge in [0.2, 0.25) is 11.8 Å². The first-order valence-corrected chi connectivity index (χ1v) is 12.9. The third-order valence-electron chi connectivity index (χ3n) is 8.00. The fourth-order valence-electron chi connectivity index (χ4n) is 6.20. The van der Waals surface area contributed by atoms with E-state index in [1.165, 1.54) is 22.1 Å². The highest BCUT2D eigenvalue weighted by Gasteiger charge is 2.57. The first-order valence-electron chi connectivity index (χ1n) is 12.9. The van der Waals surface area contributed by atoms with Crippen molar-refractivity contribution < 1.29 is 29.5 Å². The number of carbonyl (C=O) groups excluding carboxylic acids is 2. The molecular weight excluding hydrogens is 469 g/mol. The number of rotatable bonds is 7. The number of ether oxygens (including phenoxy) is 1. The van der Waals surface area contributed by atoms with Gasteiger partial charge in [0.05, 0.1) is 30.2 Å². The number of amides is 2.